The van der Waals surface area contributed by atoms with Crippen molar-refractivity contribution >= 4 is 12.0 Å². The number of urea groups is 1. The Balaban J connectivity index is 2.65. The third-order valence-electron chi connectivity index (χ3n) is 3.69. The molecule has 1 aliphatic heterocycles. The van der Waals surface area contributed by atoms with Gasteiger partial charge in [-0.1, -0.05) is 27.7 Å². The lowest BCUT2D eigenvalue weighted by atomic mass is 10.0. The molecule has 0 saturated carbocycles. The fraction of sp³-hybridized carbons (Fsp3) is 0.857. The highest BCUT2D eigenvalue weighted by Gasteiger charge is 2.38. The number of carboxylic acid groups (broad SMARTS) is 1. The number of carbonyl (C=O) groups is 2. The van der Waals surface area contributed by atoms with Gasteiger partial charge < -0.3 is 14.9 Å². The molecule has 0 spiro atoms. The van der Waals surface area contributed by atoms with E-state index in [0.29, 0.717) is 19.0 Å². The highest BCUT2D eigenvalue weighted by atomic mass is 16.4. The van der Waals surface area contributed by atoms with E-state index in [1.807, 2.05) is 4.90 Å². The van der Waals surface area contributed by atoms with Crippen LogP contribution in [0, 0.1) is 11.8 Å². The molecule has 1 heterocycles. The number of rotatable bonds is 6. The van der Waals surface area contributed by atoms with Gasteiger partial charge in [-0.3, -0.25) is 4.79 Å². The summed E-state index contributed by atoms with van der Waals surface area (Å²) in [7, 11) is 0. The summed E-state index contributed by atoms with van der Waals surface area (Å²) in [6.45, 7) is 9.80. The van der Waals surface area contributed by atoms with Crippen LogP contribution in [0.1, 0.15) is 40.5 Å². The standard InChI is InChI=1S/C14H26N2O3/c1-5-12(6-2)16(7-10(3)4)14(19)15-8-11(9-15)13(17)18/h10-12H,5-9H2,1-4H3,(H,17,18). The second-order valence-corrected chi connectivity index (χ2v) is 5.74. The summed E-state index contributed by atoms with van der Waals surface area (Å²) in [4.78, 5) is 26.8. The second-order valence-electron chi connectivity index (χ2n) is 5.74. The molecular weight excluding hydrogens is 244 g/mol. The monoisotopic (exact) mass is 270 g/mol. The maximum atomic E-state index is 12.4. The summed E-state index contributed by atoms with van der Waals surface area (Å²) in [5, 5.41) is 8.87. The summed E-state index contributed by atoms with van der Waals surface area (Å²) in [6.07, 6.45) is 1.87. The van der Waals surface area contributed by atoms with E-state index < -0.39 is 5.97 Å². The summed E-state index contributed by atoms with van der Waals surface area (Å²) >= 11 is 0. The number of carboxylic acids is 1. The molecule has 1 aliphatic rings. The number of nitrogens with zero attached hydrogens (tertiary/aromatic N) is 2. The molecule has 0 aromatic heterocycles. The quantitative estimate of drug-likeness (QED) is 0.805. The van der Waals surface area contributed by atoms with E-state index in [-0.39, 0.29) is 18.0 Å². The van der Waals surface area contributed by atoms with Gasteiger partial charge in [0, 0.05) is 25.7 Å². The van der Waals surface area contributed by atoms with E-state index in [0.717, 1.165) is 19.4 Å². The summed E-state index contributed by atoms with van der Waals surface area (Å²) in [5.41, 5.74) is 0. The van der Waals surface area contributed by atoms with Crippen LogP contribution in [0.2, 0.25) is 0 Å². The first-order valence-corrected chi connectivity index (χ1v) is 7.18. The van der Waals surface area contributed by atoms with Crippen LogP contribution in [0.4, 0.5) is 4.79 Å². The zero-order chi connectivity index (χ0) is 14.6. The van der Waals surface area contributed by atoms with Crippen LogP contribution >= 0.6 is 0 Å². The fourth-order valence-electron chi connectivity index (χ4n) is 2.48. The number of hydrogen-bond acceptors (Lipinski definition) is 2. The van der Waals surface area contributed by atoms with Crippen molar-refractivity contribution in [2.75, 3.05) is 19.6 Å². The number of amides is 2. The number of hydrogen-bond donors (Lipinski definition) is 1. The first kappa shape index (κ1) is 15.8. The van der Waals surface area contributed by atoms with Gasteiger partial charge in [0.15, 0.2) is 0 Å². The molecule has 0 unspecified atom stereocenters. The largest absolute Gasteiger partial charge is 0.481 e. The maximum absolute atomic E-state index is 12.4. The van der Waals surface area contributed by atoms with Crippen LogP contribution in [0.3, 0.4) is 0 Å². The third kappa shape index (κ3) is 3.85. The molecule has 0 radical (unpaired) electrons. The Labute approximate surface area is 115 Å². The average molecular weight is 270 g/mol. The van der Waals surface area contributed by atoms with Gasteiger partial charge in [-0.05, 0) is 18.8 Å². The molecule has 110 valence electrons. The molecule has 0 bridgehead atoms. The molecule has 1 rings (SSSR count). The van der Waals surface area contributed by atoms with Gasteiger partial charge in [-0.25, -0.2) is 4.79 Å². The molecule has 5 heteroatoms. The predicted octanol–water partition coefficient (Wildman–Crippen LogP) is 2.27. The normalized spacial score (nSPS) is 15.8. The van der Waals surface area contributed by atoms with Gasteiger partial charge in [0.05, 0.1) is 5.92 Å². The summed E-state index contributed by atoms with van der Waals surface area (Å²) in [5.74, 6) is -0.769. The molecule has 1 fully saturated rings. The van der Waals surface area contributed by atoms with E-state index in [2.05, 4.69) is 27.7 Å². The molecular formula is C14H26N2O3. The highest BCUT2D eigenvalue weighted by molar-refractivity contribution is 5.80. The van der Waals surface area contributed by atoms with Crippen molar-refractivity contribution in [1.29, 1.82) is 0 Å². The number of carbonyl (C=O) groups excluding carboxylic acids is 1. The van der Waals surface area contributed by atoms with Crippen LogP contribution in [0.25, 0.3) is 0 Å². The van der Waals surface area contributed by atoms with Gasteiger partial charge >= 0.3 is 12.0 Å². The van der Waals surface area contributed by atoms with Gasteiger partial charge in [0.25, 0.3) is 0 Å². The highest BCUT2D eigenvalue weighted by Crippen LogP contribution is 2.21. The van der Waals surface area contributed by atoms with Crippen LogP contribution < -0.4 is 0 Å². The molecule has 1 N–H and O–H groups in total. The Morgan fingerprint density at radius 1 is 1.26 bits per heavy atom. The minimum absolute atomic E-state index is 0.0000926. The summed E-state index contributed by atoms with van der Waals surface area (Å²) in [6, 6.07) is 0.249. The van der Waals surface area contributed by atoms with Gasteiger partial charge in [0.1, 0.15) is 0 Å². The molecule has 2 amide bonds. The third-order valence-corrected chi connectivity index (χ3v) is 3.69. The van der Waals surface area contributed by atoms with Crippen molar-refractivity contribution in [2.24, 2.45) is 11.8 Å². The lowest BCUT2D eigenvalue weighted by Crippen LogP contribution is -2.59. The lowest BCUT2D eigenvalue weighted by molar-refractivity contribution is -0.146. The minimum atomic E-state index is -0.804. The smallest absolute Gasteiger partial charge is 0.320 e. The Kier molecular flexibility index (Phi) is 5.63. The predicted molar refractivity (Wildman–Crippen MR) is 74.0 cm³/mol. The van der Waals surface area contributed by atoms with Crippen molar-refractivity contribution < 1.29 is 14.7 Å². The number of likely N-dealkylation sites (tertiary alicyclic amines) is 1. The fourth-order valence-corrected chi connectivity index (χ4v) is 2.48. The van der Waals surface area contributed by atoms with Crippen LogP contribution in [0.5, 0.6) is 0 Å². The van der Waals surface area contributed by atoms with E-state index in [4.69, 9.17) is 5.11 Å². The topological polar surface area (TPSA) is 60.9 Å². The van der Waals surface area contributed by atoms with Crippen molar-refractivity contribution in [3.63, 3.8) is 0 Å². The zero-order valence-corrected chi connectivity index (χ0v) is 12.4. The molecule has 0 aromatic rings. The molecule has 0 aliphatic carbocycles. The van der Waals surface area contributed by atoms with Gasteiger partial charge in [0.2, 0.25) is 0 Å². The summed E-state index contributed by atoms with van der Waals surface area (Å²) < 4.78 is 0. The first-order valence-electron chi connectivity index (χ1n) is 7.18. The van der Waals surface area contributed by atoms with Crippen molar-refractivity contribution in [3.8, 4) is 0 Å². The van der Waals surface area contributed by atoms with Crippen LogP contribution in [-0.4, -0.2) is 52.6 Å². The second kappa shape index (κ2) is 6.78. The van der Waals surface area contributed by atoms with E-state index in [1.165, 1.54) is 0 Å². The molecule has 0 aromatic carbocycles. The van der Waals surface area contributed by atoms with E-state index in [9.17, 15) is 9.59 Å². The number of aliphatic carboxylic acids is 1. The SMILES string of the molecule is CCC(CC)N(CC(C)C)C(=O)N1CC(C(=O)O)C1. The molecule has 19 heavy (non-hydrogen) atoms. The van der Waals surface area contributed by atoms with Crippen molar-refractivity contribution in [3.05, 3.63) is 0 Å². The van der Waals surface area contributed by atoms with Gasteiger partial charge in [-0.15, -0.1) is 0 Å². The van der Waals surface area contributed by atoms with Crippen molar-refractivity contribution in [1.82, 2.24) is 9.80 Å². The van der Waals surface area contributed by atoms with E-state index in [1.54, 1.807) is 4.90 Å². The minimum Gasteiger partial charge on any atom is -0.481 e. The maximum Gasteiger partial charge on any atom is 0.320 e. The first-order chi connectivity index (χ1) is 8.90. The van der Waals surface area contributed by atoms with Crippen LogP contribution in [0.15, 0.2) is 0 Å². The van der Waals surface area contributed by atoms with Gasteiger partial charge in [-0.2, -0.15) is 0 Å². The Bertz CT molecular complexity index is 321. The van der Waals surface area contributed by atoms with E-state index >= 15 is 0 Å². The average Bonchev–Trinajstić information content (AvgIpc) is 2.26. The molecule has 5 nitrogen and oxygen atoms in total. The van der Waals surface area contributed by atoms with Crippen LogP contribution in [-0.2, 0) is 4.79 Å². The lowest BCUT2D eigenvalue weighted by Gasteiger charge is -2.42. The Hall–Kier alpha value is -1.26. The molecule has 1 saturated heterocycles. The van der Waals surface area contributed by atoms with Crippen molar-refractivity contribution in [2.45, 2.75) is 46.6 Å². The zero-order valence-electron chi connectivity index (χ0n) is 12.4. The Morgan fingerprint density at radius 2 is 1.79 bits per heavy atom. The Morgan fingerprint density at radius 3 is 2.16 bits per heavy atom. The molecule has 0 atom stereocenters.